The number of aromatic nitrogens is 1. The molecule has 0 saturated carbocycles. The van der Waals surface area contributed by atoms with Gasteiger partial charge in [0.15, 0.2) is 5.13 Å². The molecule has 1 saturated heterocycles. The number of piperidine rings is 1. The summed E-state index contributed by atoms with van der Waals surface area (Å²) in [7, 11) is 3.40. The lowest BCUT2D eigenvalue weighted by molar-refractivity contribution is -0.927. The van der Waals surface area contributed by atoms with Crippen molar-refractivity contribution in [3.63, 3.8) is 0 Å². The van der Waals surface area contributed by atoms with Gasteiger partial charge in [0.2, 0.25) is 5.91 Å². The quantitative estimate of drug-likeness (QED) is 0.197. The van der Waals surface area contributed by atoms with Crippen LogP contribution in [0.25, 0.3) is 0 Å². The molecule has 11 nitrogen and oxygen atoms in total. The van der Waals surface area contributed by atoms with Gasteiger partial charge in [0.05, 0.1) is 39.5 Å². The van der Waals surface area contributed by atoms with E-state index in [1.54, 1.807) is 24.3 Å². The van der Waals surface area contributed by atoms with Crippen LogP contribution < -0.4 is 16.0 Å². The van der Waals surface area contributed by atoms with Crippen molar-refractivity contribution < 1.29 is 33.8 Å². The summed E-state index contributed by atoms with van der Waals surface area (Å²) in [4.78, 5) is 42.3. The molecular weight excluding hydrogens is 534 g/mol. The molecule has 0 spiro atoms. The molecule has 3 atom stereocenters. The van der Waals surface area contributed by atoms with Crippen molar-refractivity contribution in [2.24, 2.45) is 0 Å². The number of aromatic hydroxyl groups is 2. The summed E-state index contributed by atoms with van der Waals surface area (Å²) < 4.78 is 5.38. The first-order valence-corrected chi connectivity index (χ1v) is 13.8. The maximum atomic E-state index is 13.5. The van der Waals surface area contributed by atoms with Gasteiger partial charge in [-0.3, -0.25) is 10.1 Å². The number of carbonyl (C=O) groups is 3. The maximum absolute atomic E-state index is 13.5. The van der Waals surface area contributed by atoms with Gasteiger partial charge < -0.3 is 30.1 Å². The van der Waals surface area contributed by atoms with Crippen LogP contribution in [-0.4, -0.2) is 76.9 Å². The van der Waals surface area contributed by atoms with Gasteiger partial charge in [0, 0.05) is 12.0 Å². The van der Waals surface area contributed by atoms with Crippen molar-refractivity contribution in [2.45, 2.75) is 37.9 Å². The average Bonchev–Trinajstić information content (AvgIpc) is 3.37. The Hall–Kier alpha value is -4.16. The van der Waals surface area contributed by atoms with Gasteiger partial charge in [-0.1, -0.05) is 35.6 Å². The van der Waals surface area contributed by atoms with E-state index >= 15 is 0 Å². The van der Waals surface area contributed by atoms with E-state index in [9.17, 15) is 24.6 Å². The summed E-state index contributed by atoms with van der Waals surface area (Å²) in [6.07, 6.45) is 3.24. The van der Waals surface area contributed by atoms with E-state index in [-0.39, 0.29) is 39.9 Å². The fourth-order valence-corrected chi connectivity index (χ4v) is 5.72. The highest BCUT2D eigenvalue weighted by Gasteiger charge is 2.34. The van der Waals surface area contributed by atoms with Crippen LogP contribution in [0.4, 0.5) is 9.93 Å². The first-order chi connectivity index (χ1) is 19.1. The first-order valence-electron chi connectivity index (χ1n) is 12.9. The molecule has 212 valence electrons. The van der Waals surface area contributed by atoms with Crippen molar-refractivity contribution in [3.05, 3.63) is 70.7 Å². The monoisotopic (exact) mass is 568 g/mol. The third-order valence-corrected chi connectivity index (χ3v) is 7.74. The summed E-state index contributed by atoms with van der Waals surface area (Å²) in [5.74, 6) is -0.552. The van der Waals surface area contributed by atoms with E-state index in [0.717, 1.165) is 48.4 Å². The number of thiazole rings is 1. The Kier molecular flexibility index (Phi) is 9.22. The van der Waals surface area contributed by atoms with Crippen LogP contribution in [0.15, 0.2) is 54.7 Å². The zero-order valence-electron chi connectivity index (χ0n) is 22.4. The number of urea groups is 1. The highest BCUT2D eigenvalue weighted by molar-refractivity contribution is 7.17. The van der Waals surface area contributed by atoms with Gasteiger partial charge in [-0.05, 0) is 42.7 Å². The van der Waals surface area contributed by atoms with E-state index in [4.69, 9.17) is 0 Å². The number of phenols is 2. The normalized spacial score (nSPS) is 19.3. The van der Waals surface area contributed by atoms with Crippen LogP contribution in [0.2, 0.25) is 0 Å². The van der Waals surface area contributed by atoms with Crippen molar-refractivity contribution in [1.82, 2.24) is 15.6 Å². The average molecular weight is 569 g/mol. The van der Waals surface area contributed by atoms with Gasteiger partial charge >= 0.3 is 12.0 Å². The summed E-state index contributed by atoms with van der Waals surface area (Å²) in [6, 6.07) is 12.0. The molecule has 0 bridgehead atoms. The lowest BCUT2D eigenvalue weighted by atomic mass is 10.00. The SMILES string of the molecule is COC(=O)c1cnc(NC(=O)N[C@@H](Cc2ccc(O)cc2)C(=O)N[C@H]2CCC[N+](C)(Cc3cccc(O)c3)C2)s1. The first kappa shape index (κ1) is 28.8. The number of benzene rings is 2. The summed E-state index contributed by atoms with van der Waals surface area (Å²) >= 11 is 0.961. The molecule has 0 radical (unpaired) electrons. The molecule has 5 N–H and O–H groups in total. The van der Waals surface area contributed by atoms with Crippen LogP contribution in [0, 0.1) is 0 Å². The molecule has 1 fully saturated rings. The number of rotatable bonds is 9. The molecule has 2 aromatic carbocycles. The van der Waals surface area contributed by atoms with E-state index in [0.29, 0.717) is 11.0 Å². The van der Waals surface area contributed by atoms with Crippen molar-refractivity contribution in [3.8, 4) is 11.5 Å². The number of phenolic OH excluding ortho intramolecular Hbond substituents is 2. The highest BCUT2D eigenvalue weighted by atomic mass is 32.1. The Bertz CT molecular complexity index is 1350. The minimum Gasteiger partial charge on any atom is -0.508 e. The van der Waals surface area contributed by atoms with Gasteiger partial charge in [-0.25, -0.2) is 14.6 Å². The molecule has 3 aromatic rings. The number of amides is 3. The Morgan fingerprint density at radius 3 is 2.62 bits per heavy atom. The Morgan fingerprint density at radius 1 is 1.12 bits per heavy atom. The molecule has 1 unspecified atom stereocenters. The van der Waals surface area contributed by atoms with Gasteiger partial charge in [-0.15, -0.1) is 0 Å². The summed E-state index contributed by atoms with van der Waals surface area (Å²) in [5.41, 5.74) is 1.78. The molecule has 2 heterocycles. The highest BCUT2D eigenvalue weighted by Crippen LogP contribution is 2.23. The number of carbonyl (C=O) groups excluding carboxylic acids is 3. The van der Waals surface area contributed by atoms with Crippen molar-refractivity contribution in [2.75, 3.05) is 32.6 Å². The van der Waals surface area contributed by atoms with Gasteiger partial charge in [0.1, 0.15) is 29.0 Å². The number of nitrogens with one attached hydrogen (secondary N) is 3. The molecule has 1 aromatic heterocycles. The minimum absolute atomic E-state index is 0.0997. The third-order valence-electron chi connectivity index (χ3n) is 6.84. The predicted octanol–water partition coefficient (Wildman–Crippen LogP) is 3.00. The summed E-state index contributed by atoms with van der Waals surface area (Å²) in [5, 5.41) is 28.1. The third kappa shape index (κ3) is 7.93. The van der Waals surface area contributed by atoms with Crippen LogP contribution >= 0.6 is 11.3 Å². The zero-order chi connectivity index (χ0) is 28.7. The van der Waals surface area contributed by atoms with Crippen LogP contribution in [0.1, 0.15) is 33.6 Å². The fourth-order valence-electron chi connectivity index (χ4n) is 4.99. The molecule has 1 aliphatic heterocycles. The van der Waals surface area contributed by atoms with Crippen molar-refractivity contribution >= 4 is 34.4 Å². The second kappa shape index (κ2) is 12.8. The number of nitrogens with zero attached hydrogens (tertiary/aromatic N) is 2. The summed E-state index contributed by atoms with van der Waals surface area (Å²) in [6.45, 7) is 2.37. The number of hydrogen-bond acceptors (Lipinski definition) is 8. The zero-order valence-corrected chi connectivity index (χ0v) is 23.2. The minimum atomic E-state index is -0.906. The molecule has 40 heavy (non-hydrogen) atoms. The number of esters is 1. The number of hydrogen-bond donors (Lipinski definition) is 5. The number of likely N-dealkylation sites (N-methyl/N-ethyl adjacent to an activating group) is 1. The van der Waals surface area contributed by atoms with Gasteiger partial charge in [0.25, 0.3) is 0 Å². The maximum Gasteiger partial charge on any atom is 0.349 e. The fraction of sp³-hybridized carbons (Fsp3) is 0.357. The smallest absolute Gasteiger partial charge is 0.349 e. The van der Waals surface area contributed by atoms with Crippen LogP contribution in [-0.2, 0) is 22.5 Å². The van der Waals surface area contributed by atoms with E-state index in [1.165, 1.54) is 25.4 Å². The van der Waals surface area contributed by atoms with E-state index in [1.807, 2.05) is 12.1 Å². The Balaban J connectivity index is 1.43. The lowest BCUT2D eigenvalue weighted by Gasteiger charge is -2.42. The van der Waals surface area contributed by atoms with Crippen LogP contribution in [0.5, 0.6) is 11.5 Å². The molecule has 4 rings (SSSR count). The standard InChI is InChI=1S/C28H33N5O6S/c1-33(16-19-5-3-7-22(35)13-19)12-4-6-20(17-33)30-25(36)23(14-18-8-10-21(34)11-9-18)31-27(38)32-28-29-15-24(40-28)26(37)39-2/h3,5,7-11,13,15,20,23H,4,6,12,14,16-17H2,1-2H3,(H4-,29,30,31,32,34,35,36,37,38)/p+1/t20-,23-,33?/m0/s1. The molecule has 1 aliphatic rings. The Morgan fingerprint density at radius 2 is 1.90 bits per heavy atom. The van der Waals surface area contributed by atoms with Crippen molar-refractivity contribution in [1.29, 1.82) is 0 Å². The molecule has 12 heteroatoms. The molecule has 3 amide bonds. The number of methoxy groups -OCH3 is 1. The number of ether oxygens (including phenoxy) is 1. The number of anilines is 1. The van der Waals surface area contributed by atoms with Gasteiger partial charge in [-0.2, -0.15) is 0 Å². The largest absolute Gasteiger partial charge is 0.508 e. The molecular formula is C28H34N5O6S+. The van der Waals surface area contributed by atoms with E-state index in [2.05, 4.69) is 32.7 Å². The van der Waals surface area contributed by atoms with E-state index < -0.39 is 18.0 Å². The lowest BCUT2D eigenvalue weighted by Crippen LogP contribution is -2.59. The number of likely N-dealkylation sites (tertiary alicyclic amines) is 1. The Labute approximate surface area is 236 Å². The predicted molar refractivity (Wildman–Crippen MR) is 150 cm³/mol. The topological polar surface area (TPSA) is 150 Å². The van der Waals surface area contributed by atoms with Crippen LogP contribution in [0.3, 0.4) is 0 Å². The number of quaternary nitrogens is 1. The second-order valence-electron chi connectivity index (χ2n) is 10.2. The molecule has 0 aliphatic carbocycles. The second-order valence-corrected chi connectivity index (χ2v) is 11.3.